The quantitative estimate of drug-likeness (QED) is 0.893. The van der Waals surface area contributed by atoms with E-state index in [1.54, 1.807) is 0 Å². The lowest BCUT2D eigenvalue weighted by Crippen LogP contribution is -2.21. The molecule has 1 aliphatic heterocycles. The number of halogens is 1. The van der Waals surface area contributed by atoms with Crippen LogP contribution in [0.4, 0.5) is 11.4 Å². The van der Waals surface area contributed by atoms with Crippen LogP contribution in [0.3, 0.4) is 0 Å². The molecule has 1 aromatic rings. The molecule has 0 aliphatic carbocycles. The molecule has 1 heterocycles. The van der Waals surface area contributed by atoms with Crippen LogP contribution in [0.2, 0.25) is 5.02 Å². The molecule has 1 N–H and O–H groups in total. The average Bonchev–Trinajstić information content (AvgIpc) is 2.70. The highest BCUT2D eigenvalue weighted by atomic mass is 35.5. The zero-order valence-electron chi connectivity index (χ0n) is 9.66. The highest BCUT2D eigenvalue weighted by molar-refractivity contribution is 7.99. The highest BCUT2D eigenvalue weighted by Crippen LogP contribution is 2.34. The summed E-state index contributed by atoms with van der Waals surface area (Å²) in [5.74, 6) is 2.45. The van der Waals surface area contributed by atoms with E-state index in [9.17, 15) is 0 Å². The summed E-state index contributed by atoms with van der Waals surface area (Å²) in [5, 5.41) is 4.39. The van der Waals surface area contributed by atoms with Crippen LogP contribution in [0.25, 0.3) is 0 Å². The van der Waals surface area contributed by atoms with Crippen molar-refractivity contribution in [1.82, 2.24) is 0 Å². The van der Waals surface area contributed by atoms with Gasteiger partial charge in [-0.25, -0.2) is 0 Å². The number of anilines is 2. The SMILES string of the molecule is CN(C)c1c(Cl)cccc1NC1CCSC1. The molecule has 1 atom stereocenters. The van der Waals surface area contributed by atoms with Gasteiger partial charge in [0.1, 0.15) is 0 Å². The summed E-state index contributed by atoms with van der Waals surface area (Å²) in [5.41, 5.74) is 2.23. The van der Waals surface area contributed by atoms with Gasteiger partial charge in [-0.05, 0) is 24.3 Å². The van der Waals surface area contributed by atoms with E-state index >= 15 is 0 Å². The number of para-hydroxylation sites is 1. The highest BCUT2D eigenvalue weighted by Gasteiger charge is 2.17. The van der Waals surface area contributed by atoms with Gasteiger partial charge in [-0.2, -0.15) is 11.8 Å². The van der Waals surface area contributed by atoms with Crippen LogP contribution in [0.1, 0.15) is 6.42 Å². The van der Waals surface area contributed by atoms with Crippen LogP contribution < -0.4 is 10.2 Å². The molecule has 2 rings (SSSR count). The van der Waals surface area contributed by atoms with E-state index in [1.165, 1.54) is 17.9 Å². The van der Waals surface area contributed by atoms with Crippen molar-refractivity contribution in [2.45, 2.75) is 12.5 Å². The molecule has 2 nitrogen and oxygen atoms in total. The molecule has 0 bridgehead atoms. The Morgan fingerprint density at radius 2 is 2.25 bits per heavy atom. The maximum atomic E-state index is 6.22. The first-order valence-corrected chi connectivity index (χ1v) is 7.02. The van der Waals surface area contributed by atoms with Crippen molar-refractivity contribution in [3.8, 4) is 0 Å². The predicted molar refractivity (Wildman–Crippen MR) is 75.1 cm³/mol. The van der Waals surface area contributed by atoms with Gasteiger partial charge in [-0.15, -0.1) is 0 Å². The van der Waals surface area contributed by atoms with Gasteiger partial charge >= 0.3 is 0 Å². The van der Waals surface area contributed by atoms with E-state index < -0.39 is 0 Å². The maximum absolute atomic E-state index is 6.22. The molecule has 0 amide bonds. The van der Waals surface area contributed by atoms with Gasteiger partial charge in [0, 0.05) is 25.9 Å². The Bertz CT molecular complexity index is 362. The monoisotopic (exact) mass is 256 g/mol. The van der Waals surface area contributed by atoms with Crippen molar-refractivity contribution < 1.29 is 0 Å². The molecular formula is C12H17ClN2S. The molecule has 0 spiro atoms. The minimum absolute atomic E-state index is 0.585. The summed E-state index contributed by atoms with van der Waals surface area (Å²) in [4.78, 5) is 2.06. The molecule has 1 fully saturated rings. The lowest BCUT2D eigenvalue weighted by Gasteiger charge is -2.22. The van der Waals surface area contributed by atoms with Gasteiger partial charge in [0.25, 0.3) is 0 Å². The zero-order chi connectivity index (χ0) is 11.5. The Kier molecular flexibility index (Phi) is 3.87. The van der Waals surface area contributed by atoms with Gasteiger partial charge in [0.15, 0.2) is 0 Å². The third kappa shape index (κ3) is 2.58. The van der Waals surface area contributed by atoms with Crippen molar-refractivity contribution in [3.63, 3.8) is 0 Å². The first-order valence-electron chi connectivity index (χ1n) is 5.48. The largest absolute Gasteiger partial charge is 0.380 e. The molecule has 0 saturated carbocycles. The molecule has 16 heavy (non-hydrogen) atoms. The Morgan fingerprint density at radius 3 is 2.88 bits per heavy atom. The first kappa shape index (κ1) is 11.9. The summed E-state index contributed by atoms with van der Waals surface area (Å²) >= 11 is 8.23. The topological polar surface area (TPSA) is 15.3 Å². The van der Waals surface area contributed by atoms with Gasteiger partial charge in [-0.1, -0.05) is 17.7 Å². The lowest BCUT2D eigenvalue weighted by molar-refractivity contribution is 0.812. The number of hydrogen-bond acceptors (Lipinski definition) is 3. The fourth-order valence-electron chi connectivity index (χ4n) is 1.95. The first-order chi connectivity index (χ1) is 7.68. The Morgan fingerprint density at radius 1 is 1.44 bits per heavy atom. The third-order valence-electron chi connectivity index (χ3n) is 2.72. The van der Waals surface area contributed by atoms with Crippen LogP contribution >= 0.6 is 23.4 Å². The number of hydrogen-bond donors (Lipinski definition) is 1. The predicted octanol–water partition coefficient (Wildman–Crippen LogP) is 3.32. The number of nitrogens with zero attached hydrogens (tertiary/aromatic N) is 1. The lowest BCUT2D eigenvalue weighted by atomic mass is 10.2. The van der Waals surface area contributed by atoms with Crippen molar-refractivity contribution in [3.05, 3.63) is 23.2 Å². The minimum atomic E-state index is 0.585. The van der Waals surface area contributed by atoms with E-state index in [-0.39, 0.29) is 0 Å². The fourth-order valence-corrected chi connectivity index (χ4v) is 3.45. The van der Waals surface area contributed by atoms with Crippen molar-refractivity contribution in [2.24, 2.45) is 0 Å². The molecule has 1 saturated heterocycles. The normalized spacial score (nSPS) is 19.8. The maximum Gasteiger partial charge on any atom is 0.0786 e. The standard InChI is InChI=1S/C12H17ClN2S/c1-15(2)12-10(13)4-3-5-11(12)14-9-6-7-16-8-9/h3-5,9,14H,6-8H2,1-2H3. The number of benzene rings is 1. The van der Waals surface area contributed by atoms with Crippen molar-refractivity contribution in [1.29, 1.82) is 0 Å². The molecule has 1 aliphatic rings. The Hall–Kier alpha value is -0.540. The molecule has 88 valence electrons. The van der Waals surface area contributed by atoms with E-state index in [2.05, 4.69) is 16.3 Å². The zero-order valence-corrected chi connectivity index (χ0v) is 11.2. The fraction of sp³-hybridized carbons (Fsp3) is 0.500. The van der Waals surface area contributed by atoms with E-state index in [1.807, 2.05) is 38.0 Å². The van der Waals surface area contributed by atoms with Crippen LogP contribution in [0.15, 0.2) is 18.2 Å². The summed E-state index contributed by atoms with van der Waals surface area (Å²) in [6.45, 7) is 0. The Balaban J connectivity index is 2.21. The second-order valence-corrected chi connectivity index (χ2v) is 5.79. The molecule has 0 aromatic heterocycles. The van der Waals surface area contributed by atoms with Crippen LogP contribution in [-0.2, 0) is 0 Å². The smallest absolute Gasteiger partial charge is 0.0786 e. The second kappa shape index (κ2) is 5.19. The molecule has 0 radical (unpaired) electrons. The molecule has 1 unspecified atom stereocenters. The van der Waals surface area contributed by atoms with Crippen molar-refractivity contribution >= 4 is 34.7 Å². The van der Waals surface area contributed by atoms with Crippen LogP contribution in [0, 0.1) is 0 Å². The second-order valence-electron chi connectivity index (χ2n) is 4.24. The van der Waals surface area contributed by atoms with E-state index in [0.717, 1.165) is 16.4 Å². The van der Waals surface area contributed by atoms with Crippen molar-refractivity contribution in [2.75, 3.05) is 35.8 Å². The third-order valence-corrected chi connectivity index (χ3v) is 4.19. The Labute approximate surface area is 106 Å². The number of rotatable bonds is 3. The van der Waals surface area contributed by atoms with E-state index in [0.29, 0.717) is 6.04 Å². The van der Waals surface area contributed by atoms with Gasteiger partial charge in [0.2, 0.25) is 0 Å². The minimum Gasteiger partial charge on any atom is -0.380 e. The molecule has 4 heteroatoms. The van der Waals surface area contributed by atoms with Gasteiger partial charge in [-0.3, -0.25) is 0 Å². The summed E-state index contributed by atoms with van der Waals surface area (Å²) < 4.78 is 0. The number of thioether (sulfide) groups is 1. The van der Waals surface area contributed by atoms with E-state index in [4.69, 9.17) is 11.6 Å². The van der Waals surface area contributed by atoms with Gasteiger partial charge < -0.3 is 10.2 Å². The van der Waals surface area contributed by atoms with Crippen LogP contribution in [-0.4, -0.2) is 31.6 Å². The molecular weight excluding hydrogens is 240 g/mol. The number of nitrogens with one attached hydrogen (secondary N) is 1. The average molecular weight is 257 g/mol. The van der Waals surface area contributed by atoms with Gasteiger partial charge in [0.05, 0.1) is 16.4 Å². The summed E-state index contributed by atoms with van der Waals surface area (Å²) in [7, 11) is 4.05. The summed E-state index contributed by atoms with van der Waals surface area (Å²) in [6, 6.07) is 6.62. The molecule has 1 aromatic carbocycles. The summed E-state index contributed by atoms with van der Waals surface area (Å²) in [6.07, 6.45) is 1.24. The van der Waals surface area contributed by atoms with Crippen LogP contribution in [0.5, 0.6) is 0 Å².